The molecule has 120 valence electrons. The van der Waals surface area contributed by atoms with Crippen molar-refractivity contribution in [3.05, 3.63) is 30.1 Å². The number of hydrogen-bond donors (Lipinski definition) is 0. The number of rotatable bonds is 3. The summed E-state index contributed by atoms with van der Waals surface area (Å²) in [6, 6.07) is 4.12. The third-order valence-corrected chi connectivity index (χ3v) is 4.51. The van der Waals surface area contributed by atoms with Crippen molar-refractivity contribution >= 4 is 5.91 Å². The predicted octanol–water partition coefficient (Wildman–Crippen LogP) is 1.68. The van der Waals surface area contributed by atoms with Crippen molar-refractivity contribution in [2.45, 2.75) is 38.3 Å². The molecule has 2 aliphatic rings. The first-order chi connectivity index (χ1) is 10.8. The monoisotopic (exact) mass is 303 g/mol. The highest BCUT2D eigenvalue weighted by atomic mass is 16.5. The smallest absolute Gasteiger partial charge is 0.251 e. The van der Waals surface area contributed by atoms with E-state index in [-0.39, 0.29) is 12.0 Å². The molecule has 0 aromatic carbocycles. The summed E-state index contributed by atoms with van der Waals surface area (Å²) in [4.78, 5) is 21.0. The van der Waals surface area contributed by atoms with Crippen LogP contribution in [0.2, 0.25) is 0 Å². The van der Waals surface area contributed by atoms with E-state index in [9.17, 15) is 4.79 Å². The second kappa shape index (κ2) is 7.70. The SMILES string of the molecule is O=C([C@H]1CCCCO1)N1CCCN(Cc2ccncc2)CC1. The van der Waals surface area contributed by atoms with Crippen molar-refractivity contribution < 1.29 is 9.53 Å². The first-order valence-corrected chi connectivity index (χ1v) is 8.34. The van der Waals surface area contributed by atoms with Crippen LogP contribution >= 0.6 is 0 Å². The van der Waals surface area contributed by atoms with Crippen LogP contribution < -0.4 is 0 Å². The van der Waals surface area contributed by atoms with Gasteiger partial charge in [-0.25, -0.2) is 0 Å². The van der Waals surface area contributed by atoms with Gasteiger partial charge in [-0.2, -0.15) is 0 Å². The van der Waals surface area contributed by atoms with Gasteiger partial charge in [0.15, 0.2) is 0 Å². The summed E-state index contributed by atoms with van der Waals surface area (Å²) in [5.41, 5.74) is 1.28. The number of hydrogen-bond acceptors (Lipinski definition) is 4. The molecule has 0 unspecified atom stereocenters. The highest BCUT2D eigenvalue weighted by molar-refractivity contribution is 5.81. The van der Waals surface area contributed by atoms with E-state index in [1.807, 2.05) is 17.3 Å². The van der Waals surface area contributed by atoms with E-state index in [0.717, 1.165) is 65.0 Å². The number of carbonyl (C=O) groups is 1. The van der Waals surface area contributed by atoms with Crippen LogP contribution in [0.4, 0.5) is 0 Å². The number of ether oxygens (including phenoxy) is 1. The fraction of sp³-hybridized carbons (Fsp3) is 0.647. The molecule has 0 radical (unpaired) electrons. The van der Waals surface area contributed by atoms with Crippen LogP contribution in [0.3, 0.4) is 0 Å². The number of aromatic nitrogens is 1. The summed E-state index contributed by atoms with van der Waals surface area (Å²) in [5.74, 6) is 0.200. The van der Waals surface area contributed by atoms with Gasteiger partial charge in [0, 0.05) is 51.7 Å². The zero-order chi connectivity index (χ0) is 15.2. The van der Waals surface area contributed by atoms with Gasteiger partial charge >= 0.3 is 0 Å². The molecular weight excluding hydrogens is 278 g/mol. The average Bonchev–Trinajstić information content (AvgIpc) is 2.82. The second-order valence-electron chi connectivity index (χ2n) is 6.17. The van der Waals surface area contributed by atoms with Crippen LogP contribution in [0, 0.1) is 0 Å². The van der Waals surface area contributed by atoms with Crippen LogP contribution in [0.25, 0.3) is 0 Å². The van der Waals surface area contributed by atoms with Crippen molar-refractivity contribution in [3.8, 4) is 0 Å². The van der Waals surface area contributed by atoms with Crippen LogP contribution in [0.5, 0.6) is 0 Å². The van der Waals surface area contributed by atoms with Crippen molar-refractivity contribution in [2.75, 3.05) is 32.8 Å². The summed E-state index contributed by atoms with van der Waals surface area (Å²) < 4.78 is 5.64. The van der Waals surface area contributed by atoms with E-state index in [1.165, 1.54) is 5.56 Å². The van der Waals surface area contributed by atoms with Crippen molar-refractivity contribution in [2.24, 2.45) is 0 Å². The van der Waals surface area contributed by atoms with E-state index in [2.05, 4.69) is 22.0 Å². The Morgan fingerprint density at radius 1 is 1.14 bits per heavy atom. The van der Waals surface area contributed by atoms with E-state index < -0.39 is 0 Å². The second-order valence-corrected chi connectivity index (χ2v) is 6.17. The quantitative estimate of drug-likeness (QED) is 0.852. The summed E-state index contributed by atoms with van der Waals surface area (Å²) in [5, 5.41) is 0. The zero-order valence-electron chi connectivity index (χ0n) is 13.1. The molecule has 5 heteroatoms. The highest BCUT2D eigenvalue weighted by Gasteiger charge is 2.28. The van der Waals surface area contributed by atoms with E-state index in [0.29, 0.717) is 0 Å². The molecular formula is C17H25N3O2. The molecule has 2 fully saturated rings. The number of carbonyl (C=O) groups excluding carboxylic acids is 1. The molecule has 3 heterocycles. The van der Waals surface area contributed by atoms with Crippen molar-refractivity contribution in [1.82, 2.24) is 14.8 Å². The topological polar surface area (TPSA) is 45.7 Å². The Kier molecular flexibility index (Phi) is 5.40. The fourth-order valence-electron chi connectivity index (χ4n) is 3.23. The molecule has 22 heavy (non-hydrogen) atoms. The van der Waals surface area contributed by atoms with Crippen molar-refractivity contribution in [1.29, 1.82) is 0 Å². The largest absolute Gasteiger partial charge is 0.368 e. The van der Waals surface area contributed by atoms with Crippen LogP contribution in [-0.2, 0) is 16.1 Å². The van der Waals surface area contributed by atoms with Gasteiger partial charge in [-0.15, -0.1) is 0 Å². The molecule has 1 aromatic rings. The van der Waals surface area contributed by atoms with Gasteiger partial charge in [-0.05, 0) is 43.4 Å². The Balaban J connectivity index is 1.52. The van der Waals surface area contributed by atoms with Gasteiger partial charge in [0.2, 0.25) is 0 Å². The fourth-order valence-corrected chi connectivity index (χ4v) is 3.23. The Hall–Kier alpha value is -1.46. The van der Waals surface area contributed by atoms with Gasteiger partial charge in [0.1, 0.15) is 6.10 Å². The number of pyridine rings is 1. The van der Waals surface area contributed by atoms with Gasteiger partial charge in [0.25, 0.3) is 5.91 Å². The maximum atomic E-state index is 12.5. The lowest BCUT2D eigenvalue weighted by molar-refractivity contribution is -0.146. The Bertz CT molecular complexity index is 474. The molecule has 2 aliphatic heterocycles. The third-order valence-electron chi connectivity index (χ3n) is 4.51. The molecule has 0 spiro atoms. The van der Waals surface area contributed by atoms with E-state index in [1.54, 1.807) is 0 Å². The lowest BCUT2D eigenvalue weighted by atomic mass is 10.1. The average molecular weight is 303 g/mol. The third kappa shape index (κ3) is 4.05. The Labute approximate surface area is 132 Å². The molecule has 0 saturated carbocycles. The predicted molar refractivity (Wildman–Crippen MR) is 84.3 cm³/mol. The maximum absolute atomic E-state index is 12.5. The Morgan fingerprint density at radius 3 is 2.77 bits per heavy atom. The lowest BCUT2D eigenvalue weighted by Gasteiger charge is -2.28. The summed E-state index contributed by atoms with van der Waals surface area (Å²) in [6.45, 7) is 5.30. The highest BCUT2D eigenvalue weighted by Crippen LogP contribution is 2.16. The molecule has 5 nitrogen and oxygen atoms in total. The zero-order valence-corrected chi connectivity index (χ0v) is 13.1. The van der Waals surface area contributed by atoms with Crippen molar-refractivity contribution in [3.63, 3.8) is 0 Å². The Morgan fingerprint density at radius 2 is 2.00 bits per heavy atom. The first-order valence-electron chi connectivity index (χ1n) is 8.34. The summed E-state index contributed by atoms with van der Waals surface area (Å²) >= 11 is 0. The van der Waals surface area contributed by atoms with E-state index >= 15 is 0 Å². The molecule has 2 saturated heterocycles. The van der Waals surface area contributed by atoms with Gasteiger partial charge in [-0.1, -0.05) is 0 Å². The standard InChI is InChI=1S/C17H25N3O2/c21-17(16-4-1-2-13-22-16)20-10-3-9-19(11-12-20)14-15-5-7-18-8-6-15/h5-8,16H,1-4,9-14H2/t16-/m1/s1. The normalized spacial score (nSPS) is 24.0. The number of amides is 1. The summed E-state index contributed by atoms with van der Waals surface area (Å²) in [7, 11) is 0. The minimum atomic E-state index is -0.194. The van der Waals surface area contributed by atoms with Gasteiger partial charge < -0.3 is 9.64 Å². The lowest BCUT2D eigenvalue weighted by Crippen LogP contribution is -2.43. The molecule has 1 atom stereocenters. The minimum absolute atomic E-state index is 0.194. The minimum Gasteiger partial charge on any atom is -0.368 e. The first kappa shape index (κ1) is 15.4. The molecule has 1 amide bonds. The molecule has 0 bridgehead atoms. The number of nitrogens with zero attached hydrogens (tertiary/aromatic N) is 3. The molecule has 3 rings (SSSR count). The maximum Gasteiger partial charge on any atom is 0.251 e. The van der Waals surface area contributed by atoms with Crippen LogP contribution in [0.1, 0.15) is 31.2 Å². The van der Waals surface area contributed by atoms with Gasteiger partial charge in [-0.3, -0.25) is 14.7 Å². The van der Waals surface area contributed by atoms with E-state index in [4.69, 9.17) is 4.74 Å². The molecule has 0 aliphatic carbocycles. The van der Waals surface area contributed by atoms with Gasteiger partial charge in [0.05, 0.1) is 0 Å². The van der Waals surface area contributed by atoms with Crippen LogP contribution in [0.15, 0.2) is 24.5 Å². The molecule has 0 N–H and O–H groups in total. The summed E-state index contributed by atoms with van der Waals surface area (Å²) in [6.07, 6.45) is 7.59. The molecule has 1 aromatic heterocycles. The van der Waals surface area contributed by atoms with Crippen LogP contribution in [-0.4, -0.2) is 59.6 Å².